The third-order valence-corrected chi connectivity index (χ3v) is 5.94. The molecule has 1 heterocycles. The Morgan fingerprint density at radius 3 is 2.43 bits per heavy atom. The van der Waals surface area contributed by atoms with Gasteiger partial charge in [-0.25, -0.2) is 8.42 Å². The topological polar surface area (TPSA) is 75.6 Å². The minimum atomic E-state index is -3.31. The van der Waals surface area contributed by atoms with E-state index in [4.69, 9.17) is 34.8 Å². The molecule has 1 aromatic carbocycles. The molecule has 0 saturated carbocycles. The molecular formula is C13H12BrCl3N2O3S. The van der Waals surface area contributed by atoms with E-state index in [1.165, 1.54) is 0 Å². The zero-order valence-electron chi connectivity index (χ0n) is 11.5. The Morgan fingerprint density at radius 2 is 1.87 bits per heavy atom. The number of sulfone groups is 1. The fourth-order valence-electron chi connectivity index (χ4n) is 2.09. The first-order valence-electron chi connectivity index (χ1n) is 6.44. The number of carbonyl (C=O) groups is 1. The molecule has 1 N–H and O–H groups in total. The molecule has 1 aromatic rings. The average Bonchev–Trinajstić information content (AvgIpc) is 2.71. The van der Waals surface area contributed by atoms with Crippen molar-refractivity contribution in [1.82, 2.24) is 5.32 Å². The number of amides is 1. The van der Waals surface area contributed by atoms with Gasteiger partial charge in [0.1, 0.15) is 0 Å². The highest BCUT2D eigenvalue weighted by atomic mass is 79.9. The predicted octanol–water partition coefficient (Wildman–Crippen LogP) is 2.52. The lowest BCUT2D eigenvalue weighted by atomic mass is 10.1. The summed E-state index contributed by atoms with van der Waals surface area (Å²) >= 11 is 19.8. The van der Waals surface area contributed by atoms with Crippen LogP contribution < -0.4 is 5.32 Å². The Bertz CT molecular complexity index is 717. The number of nitrogens with zero attached hydrogens (tertiary/aromatic N) is 1. The Hall–Kier alpha value is -0.340. The van der Waals surface area contributed by atoms with E-state index in [0.717, 1.165) is 10.0 Å². The van der Waals surface area contributed by atoms with Gasteiger partial charge in [0.25, 0.3) is 9.70 Å². The highest BCUT2D eigenvalue weighted by molar-refractivity contribution is 9.10. The van der Waals surface area contributed by atoms with E-state index in [1.54, 1.807) is 6.21 Å². The van der Waals surface area contributed by atoms with Gasteiger partial charge in [-0.15, -0.1) is 0 Å². The number of carbonyl (C=O) groups excluding carboxylic acids is 1. The van der Waals surface area contributed by atoms with Crippen LogP contribution in [0, 0.1) is 0 Å². The number of nitrogens with one attached hydrogen (secondary N) is 1. The van der Waals surface area contributed by atoms with Crippen LogP contribution in [0.1, 0.15) is 5.56 Å². The first kappa shape index (κ1) is 19.0. The summed E-state index contributed by atoms with van der Waals surface area (Å²) in [4.78, 5) is 16.0. The molecule has 2 atom stereocenters. The molecule has 5 nitrogen and oxygen atoms in total. The van der Waals surface area contributed by atoms with Gasteiger partial charge in [0.15, 0.2) is 9.84 Å². The molecule has 126 valence electrons. The number of hydrogen-bond donors (Lipinski definition) is 1. The van der Waals surface area contributed by atoms with Gasteiger partial charge in [-0.2, -0.15) is 0 Å². The summed E-state index contributed by atoms with van der Waals surface area (Å²) in [5, 5.41) is 2.43. The molecule has 1 amide bonds. The third kappa shape index (κ3) is 5.60. The standard InChI is InChI=1S/C13H12BrCl3N2O3S/c14-9-3-1-8(2-4-9)5-18-10-6-23(21,22)7-11(10)19-12(20)13(15,16)17/h1-5,10-11H,6-7H2,(H,19,20). The molecule has 1 saturated heterocycles. The van der Waals surface area contributed by atoms with Crippen molar-refractivity contribution in [1.29, 1.82) is 0 Å². The Kier molecular flexibility index (Phi) is 6.00. The average molecular weight is 463 g/mol. The summed E-state index contributed by atoms with van der Waals surface area (Å²) in [6, 6.07) is 5.98. The Balaban J connectivity index is 2.14. The summed E-state index contributed by atoms with van der Waals surface area (Å²) in [7, 11) is -3.31. The molecule has 1 aliphatic rings. The van der Waals surface area contributed by atoms with E-state index < -0.39 is 31.6 Å². The maximum Gasteiger partial charge on any atom is 0.272 e. The molecule has 0 aromatic heterocycles. The highest BCUT2D eigenvalue weighted by Crippen LogP contribution is 2.27. The van der Waals surface area contributed by atoms with Crippen molar-refractivity contribution in [2.45, 2.75) is 15.9 Å². The number of rotatable bonds is 3. The van der Waals surface area contributed by atoms with E-state index in [9.17, 15) is 13.2 Å². The van der Waals surface area contributed by atoms with Crippen molar-refractivity contribution >= 4 is 72.7 Å². The van der Waals surface area contributed by atoms with E-state index in [1.807, 2.05) is 24.3 Å². The molecule has 23 heavy (non-hydrogen) atoms. The first-order valence-corrected chi connectivity index (χ1v) is 10.2. The lowest BCUT2D eigenvalue weighted by Gasteiger charge is -2.19. The van der Waals surface area contributed by atoms with Crippen LogP contribution in [0.5, 0.6) is 0 Å². The lowest BCUT2D eigenvalue weighted by Crippen LogP contribution is -2.46. The van der Waals surface area contributed by atoms with Crippen molar-refractivity contribution in [2.75, 3.05) is 11.5 Å². The van der Waals surface area contributed by atoms with Gasteiger partial charge < -0.3 is 5.32 Å². The second kappa shape index (κ2) is 7.27. The highest BCUT2D eigenvalue weighted by Gasteiger charge is 2.41. The number of halogens is 4. The summed E-state index contributed by atoms with van der Waals surface area (Å²) in [5.74, 6) is -1.26. The predicted molar refractivity (Wildman–Crippen MR) is 96.4 cm³/mol. The normalized spacial score (nSPS) is 24.0. The van der Waals surface area contributed by atoms with Crippen LogP contribution in [-0.4, -0.2) is 47.9 Å². The smallest absolute Gasteiger partial charge is 0.272 e. The maximum atomic E-state index is 11.8. The number of aliphatic imine (C=N–C) groups is 1. The van der Waals surface area contributed by atoms with Crippen LogP contribution in [0.15, 0.2) is 33.7 Å². The van der Waals surface area contributed by atoms with Crippen LogP contribution in [0.25, 0.3) is 0 Å². The zero-order chi connectivity index (χ0) is 17.3. The fourth-order valence-corrected chi connectivity index (χ4v) is 4.35. The molecule has 10 heteroatoms. The van der Waals surface area contributed by atoms with Crippen molar-refractivity contribution < 1.29 is 13.2 Å². The molecule has 0 bridgehead atoms. The van der Waals surface area contributed by atoms with Crippen LogP contribution >= 0.6 is 50.7 Å². The fraction of sp³-hybridized carbons (Fsp3) is 0.385. The molecule has 1 aliphatic heterocycles. The number of alkyl halides is 3. The monoisotopic (exact) mass is 460 g/mol. The Labute approximate surface area is 157 Å². The van der Waals surface area contributed by atoms with Gasteiger partial charge in [-0.1, -0.05) is 62.9 Å². The quantitative estimate of drug-likeness (QED) is 0.554. The van der Waals surface area contributed by atoms with Crippen molar-refractivity contribution in [3.63, 3.8) is 0 Å². The minimum absolute atomic E-state index is 0.162. The van der Waals surface area contributed by atoms with Crippen LogP contribution in [0.4, 0.5) is 0 Å². The van der Waals surface area contributed by atoms with Crippen molar-refractivity contribution in [3.05, 3.63) is 34.3 Å². The second-order valence-electron chi connectivity index (χ2n) is 5.05. The van der Waals surface area contributed by atoms with E-state index >= 15 is 0 Å². The number of benzene rings is 1. The van der Waals surface area contributed by atoms with Crippen LogP contribution in [-0.2, 0) is 14.6 Å². The van der Waals surface area contributed by atoms with Gasteiger partial charge in [0.05, 0.1) is 23.6 Å². The van der Waals surface area contributed by atoms with E-state index in [2.05, 4.69) is 26.2 Å². The molecule has 1 fully saturated rings. The summed E-state index contributed by atoms with van der Waals surface area (Å²) in [6.07, 6.45) is 1.56. The number of hydrogen-bond acceptors (Lipinski definition) is 4. The van der Waals surface area contributed by atoms with E-state index in [-0.39, 0.29) is 11.5 Å². The maximum absolute atomic E-state index is 11.8. The minimum Gasteiger partial charge on any atom is -0.346 e. The lowest BCUT2D eigenvalue weighted by molar-refractivity contribution is -0.120. The van der Waals surface area contributed by atoms with Gasteiger partial charge in [-0.05, 0) is 17.7 Å². The third-order valence-electron chi connectivity index (χ3n) is 3.18. The molecule has 0 radical (unpaired) electrons. The molecule has 2 rings (SSSR count). The van der Waals surface area contributed by atoms with Crippen LogP contribution in [0.2, 0.25) is 0 Å². The van der Waals surface area contributed by atoms with Crippen molar-refractivity contribution in [2.24, 2.45) is 4.99 Å². The molecule has 0 spiro atoms. The van der Waals surface area contributed by atoms with Crippen molar-refractivity contribution in [3.8, 4) is 0 Å². The summed E-state index contributed by atoms with van der Waals surface area (Å²) in [5.41, 5.74) is 0.809. The first-order chi connectivity index (χ1) is 10.6. The van der Waals surface area contributed by atoms with Crippen LogP contribution in [0.3, 0.4) is 0 Å². The zero-order valence-corrected chi connectivity index (χ0v) is 16.2. The summed E-state index contributed by atoms with van der Waals surface area (Å²) in [6.45, 7) is 0. The molecular weight excluding hydrogens is 450 g/mol. The van der Waals surface area contributed by atoms with Gasteiger partial charge in [0.2, 0.25) is 0 Å². The second-order valence-corrected chi connectivity index (χ2v) is 10.4. The Morgan fingerprint density at radius 1 is 1.26 bits per heavy atom. The molecule has 2 unspecified atom stereocenters. The summed E-state index contributed by atoms with van der Waals surface area (Å²) < 4.78 is 22.4. The van der Waals surface area contributed by atoms with E-state index in [0.29, 0.717) is 0 Å². The molecule has 0 aliphatic carbocycles. The van der Waals surface area contributed by atoms with Gasteiger partial charge >= 0.3 is 0 Å². The largest absolute Gasteiger partial charge is 0.346 e. The SMILES string of the molecule is O=C(NC1CS(=O)(=O)CC1N=Cc1ccc(Br)cc1)C(Cl)(Cl)Cl. The van der Waals surface area contributed by atoms with Gasteiger partial charge in [0, 0.05) is 10.7 Å². The van der Waals surface area contributed by atoms with Gasteiger partial charge in [-0.3, -0.25) is 9.79 Å².